The van der Waals surface area contributed by atoms with Crippen molar-refractivity contribution in [3.63, 3.8) is 0 Å². The SMILES string of the molecule is C/C=C/C(C)C.CC#CC[C@@H]([O-])/C=C/C.[Rb+]. The summed E-state index contributed by atoms with van der Waals surface area (Å²) in [5, 5.41) is 10.7. The number of rotatable bonds is 3. The van der Waals surface area contributed by atoms with Crippen LogP contribution in [0, 0.1) is 17.8 Å². The summed E-state index contributed by atoms with van der Waals surface area (Å²) in [6.07, 6.45) is 7.41. The maximum Gasteiger partial charge on any atom is 1.00 e. The van der Waals surface area contributed by atoms with Crippen LogP contribution in [0.5, 0.6) is 0 Å². The average molecular weight is 293 g/mol. The van der Waals surface area contributed by atoms with Crippen LogP contribution in [0.25, 0.3) is 0 Å². The Labute approximate surface area is 150 Å². The van der Waals surface area contributed by atoms with E-state index in [-0.39, 0.29) is 58.2 Å². The summed E-state index contributed by atoms with van der Waals surface area (Å²) in [4.78, 5) is 0. The van der Waals surface area contributed by atoms with Gasteiger partial charge in [0.05, 0.1) is 0 Å². The number of hydrogen-bond donors (Lipinski definition) is 0. The second-order valence-electron chi connectivity index (χ2n) is 3.46. The molecule has 0 aliphatic rings. The van der Waals surface area contributed by atoms with Crippen LogP contribution < -0.4 is 63.3 Å². The Hall–Kier alpha value is 0.805. The minimum atomic E-state index is -0.637. The molecule has 0 saturated heterocycles. The Morgan fingerprint density at radius 1 is 1.12 bits per heavy atom. The first-order chi connectivity index (χ1) is 7.08. The van der Waals surface area contributed by atoms with E-state index in [1.54, 1.807) is 19.1 Å². The molecule has 0 spiro atoms. The van der Waals surface area contributed by atoms with Gasteiger partial charge in [-0.25, -0.2) is 0 Å². The van der Waals surface area contributed by atoms with Gasteiger partial charge in [0, 0.05) is 0 Å². The first-order valence-electron chi connectivity index (χ1n) is 5.39. The Morgan fingerprint density at radius 2 is 1.62 bits per heavy atom. The van der Waals surface area contributed by atoms with Crippen molar-refractivity contribution in [2.75, 3.05) is 0 Å². The summed E-state index contributed by atoms with van der Waals surface area (Å²) in [7, 11) is 0. The normalized spacial score (nSPS) is 11.4. The maximum atomic E-state index is 10.7. The van der Waals surface area contributed by atoms with E-state index in [0.29, 0.717) is 6.42 Å². The van der Waals surface area contributed by atoms with E-state index in [4.69, 9.17) is 0 Å². The third-order valence-electron chi connectivity index (χ3n) is 1.46. The topological polar surface area (TPSA) is 23.1 Å². The largest absolute Gasteiger partial charge is 1.00 e. The molecule has 0 amide bonds. The smallest absolute Gasteiger partial charge is 0.848 e. The van der Waals surface area contributed by atoms with E-state index >= 15 is 0 Å². The van der Waals surface area contributed by atoms with Crippen molar-refractivity contribution >= 4 is 0 Å². The van der Waals surface area contributed by atoms with Gasteiger partial charge in [-0.2, -0.15) is 0 Å². The van der Waals surface area contributed by atoms with Crippen molar-refractivity contribution < 1.29 is 63.3 Å². The first-order valence-corrected chi connectivity index (χ1v) is 5.39. The molecule has 0 aromatic carbocycles. The van der Waals surface area contributed by atoms with E-state index in [1.165, 1.54) is 0 Å². The number of hydrogen-bond acceptors (Lipinski definition) is 1. The fourth-order valence-electron chi connectivity index (χ4n) is 0.870. The zero-order valence-corrected chi connectivity index (χ0v) is 16.5. The van der Waals surface area contributed by atoms with Gasteiger partial charge in [-0.1, -0.05) is 38.2 Å². The summed E-state index contributed by atoms with van der Waals surface area (Å²) >= 11 is 0. The Balaban J connectivity index is -0.000000214. The molecule has 0 aromatic rings. The van der Waals surface area contributed by atoms with Gasteiger partial charge in [-0.3, -0.25) is 0 Å². The summed E-state index contributed by atoms with van der Waals surface area (Å²) in [5.41, 5.74) is 0. The van der Waals surface area contributed by atoms with Crippen LogP contribution in [-0.2, 0) is 0 Å². The molecule has 0 saturated carbocycles. The second kappa shape index (κ2) is 18.2. The molecule has 0 aliphatic carbocycles. The van der Waals surface area contributed by atoms with Crippen molar-refractivity contribution in [3.05, 3.63) is 24.3 Å². The van der Waals surface area contributed by atoms with E-state index in [2.05, 4.69) is 37.8 Å². The average Bonchev–Trinajstić information content (AvgIpc) is 2.16. The van der Waals surface area contributed by atoms with Crippen LogP contribution in [0.2, 0.25) is 0 Å². The van der Waals surface area contributed by atoms with Gasteiger partial charge in [-0.15, -0.1) is 17.9 Å². The summed E-state index contributed by atoms with van der Waals surface area (Å²) in [5.74, 6) is 6.11. The fourth-order valence-corrected chi connectivity index (χ4v) is 0.870. The van der Waals surface area contributed by atoms with Gasteiger partial charge in [0.2, 0.25) is 0 Å². The third kappa shape index (κ3) is 24.2. The van der Waals surface area contributed by atoms with E-state index in [9.17, 15) is 5.11 Å². The van der Waals surface area contributed by atoms with Crippen molar-refractivity contribution in [1.29, 1.82) is 0 Å². The minimum Gasteiger partial charge on any atom is -0.848 e. The molecule has 0 rings (SSSR count). The van der Waals surface area contributed by atoms with Crippen LogP contribution in [0.4, 0.5) is 0 Å². The van der Waals surface area contributed by atoms with E-state index < -0.39 is 6.10 Å². The van der Waals surface area contributed by atoms with Crippen LogP contribution in [0.3, 0.4) is 0 Å². The van der Waals surface area contributed by atoms with Gasteiger partial charge in [0.25, 0.3) is 0 Å². The molecule has 0 radical (unpaired) electrons. The van der Waals surface area contributed by atoms with Crippen LogP contribution in [0.1, 0.15) is 41.0 Å². The second-order valence-corrected chi connectivity index (χ2v) is 3.46. The standard InChI is InChI=1S/C8H11O.C6H12.Rb/c1-3-5-7-8(9)6-4-2;1-4-5-6(2)3;/h4,6,8H,7H2,1-2H3;4-6H,1-3H3;/q-1;;+1/b6-4+;5-4+;/t8-;;/m0../s1. The van der Waals surface area contributed by atoms with Crippen LogP contribution in [-0.4, -0.2) is 6.10 Å². The van der Waals surface area contributed by atoms with Crippen LogP contribution in [0.15, 0.2) is 24.3 Å². The summed E-state index contributed by atoms with van der Waals surface area (Å²) in [6, 6.07) is 0. The predicted octanol–water partition coefficient (Wildman–Crippen LogP) is -0.0727. The molecule has 1 nitrogen and oxygen atoms in total. The molecule has 0 aliphatic heterocycles. The monoisotopic (exact) mass is 292 g/mol. The summed E-state index contributed by atoms with van der Waals surface area (Å²) < 4.78 is 0. The van der Waals surface area contributed by atoms with Gasteiger partial charge in [-0.05, 0) is 33.1 Å². The van der Waals surface area contributed by atoms with Gasteiger partial charge >= 0.3 is 58.2 Å². The van der Waals surface area contributed by atoms with Crippen molar-refractivity contribution in [1.82, 2.24) is 0 Å². The van der Waals surface area contributed by atoms with Crippen molar-refractivity contribution in [3.8, 4) is 11.8 Å². The van der Waals surface area contributed by atoms with Crippen molar-refractivity contribution in [2.24, 2.45) is 5.92 Å². The maximum absolute atomic E-state index is 10.7. The predicted molar refractivity (Wildman–Crippen MR) is 66.3 cm³/mol. The molecule has 0 unspecified atom stereocenters. The molecular weight excluding hydrogens is 270 g/mol. The molecule has 16 heavy (non-hydrogen) atoms. The molecule has 0 N–H and O–H groups in total. The molecule has 86 valence electrons. The van der Waals surface area contributed by atoms with Gasteiger partial charge in [0.15, 0.2) is 0 Å². The molecule has 2 heteroatoms. The van der Waals surface area contributed by atoms with E-state index in [0.717, 1.165) is 5.92 Å². The molecule has 0 bridgehead atoms. The fraction of sp³-hybridized carbons (Fsp3) is 0.571. The quantitative estimate of drug-likeness (QED) is 0.527. The Kier molecular flexibility index (Phi) is 25.0. The minimum absolute atomic E-state index is 0. The molecule has 0 aromatic heterocycles. The first kappa shape index (κ1) is 22.0. The Bertz CT molecular complexity index is 231. The molecular formula is C14H23ORb. The molecule has 0 fully saturated rings. The Morgan fingerprint density at radius 3 is 1.88 bits per heavy atom. The number of allylic oxidation sites excluding steroid dienone is 3. The zero-order chi connectivity index (χ0) is 12.1. The van der Waals surface area contributed by atoms with Gasteiger partial charge < -0.3 is 5.11 Å². The van der Waals surface area contributed by atoms with Crippen LogP contribution >= 0.6 is 0 Å². The van der Waals surface area contributed by atoms with Gasteiger partial charge in [0.1, 0.15) is 0 Å². The van der Waals surface area contributed by atoms with Crippen molar-refractivity contribution in [2.45, 2.75) is 47.1 Å². The summed E-state index contributed by atoms with van der Waals surface area (Å²) in [6.45, 7) is 9.95. The van der Waals surface area contributed by atoms with E-state index in [1.807, 2.05) is 13.8 Å². The third-order valence-corrected chi connectivity index (χ3v) is 1.46. The zero-order valence-electron chi connectivity index (χ0n) is 11.6. The molecule has 1 atom stereocenters. The molecule has 0 heterocycles.